The molecule has 4 nitrogen and oxygen atoms in total. The van der Waals surface area contributed by atoms with Crippen molar-refractivity contribution in [2.24, 2.45) is 16.7 Å². The summed E-state index contributed by atoms with van der Waals surface area (Å²) in [5.41, 5.74) is 1.00. The van der Waals surface area contributed by atoms with Crippen LogP contribution < -0.4 is 5.32 Å². The lowest BCUT2D eigenvalue weighted by atomic mass is 9.65. The highest BCUT2D eigenvalue weighted by Gasteiger charge is 2.58. The molecule has 1 amide bonds. The van der Waals surface area contributed by atoms with E-state index in [0.717, 1.165) is 11.1 Å². The summed E-state index contributed by atoms with van der Waals surface area (Å²) in [7, 11) is 0. The second kappa shape index (κ2) is 5.75. The lowest BCUT2D eigenvalue weighted by Crippen LogP contribution is -2.47. The van der Waals surface area contributed by atoms with Crippen molar-refractivity contribution in [2.75, 3.05) is 0 Å². The van der Waals surface area contributed by atoms with E-state index in [4.69, 9.17) is 0 Å². The number of hydrogen-bond donors (Lipinski definition) is 2. The van der Waals surface area contributed by atoms with E-state index in [1.54, 1.807) is 0 Å². The van der Waals surface area contributed by atoms with Gasteiger partial charge in [-0.2, -0.15) is 0 Å². The molecule has 2 rings (SSSR count). The Bertz CT molecular complexity index is 594. The van der Waals surface area contributed by atoms with Crippen LogP contribution in [0, 0.1) is 23.7 Å². The summed E-state index contributed by atoms with van der Waals surface area (Å²) in [6.45, 7) is 8.17. The molecule has 0 heterocycles. The number of nitrogens with one attached hydrogen (secondary N) is 1. The molecule has 2 N–H and O–H groups in total. The van der Waals surface area contributed by atoms with Gasteiger partial charge in [0.15, 0.2) is 0 Å². The van der Waals surface area contributed by atoms with E-state index in [9.17, 15) is 14.7 Å². The molecule has 2 atom stereocenters. The fraction of sp³-hybridized carbons (Fsp3) is 0.556. The number of aliphatic carboxylic acids is 1. The number of carboxylic acids is 1. The first-order valence-corrected chi connectivity index (χ1v) is 7.75. The van der Waals surface area contributed by atoms with Crippen LogP contribution >= 0.6 is 0 Å². The molecule has 1 aromatic rings. The summed E-state index contributed by atoms with van der Waals surface area (Å²) in [4.78, 5) is 24.1. The zero-order valence-corrected chi connectivity index (χ0v) is 13.8. The smallest absolute Gasteiger partial charge is 0.307 e. The Balaban J connectivity index is 2.10. The van der Waals surface area contributed by atoms with Gasteiger partial charge >= 0.3 is 5.97 Å². The van der Waals surface area contributed by atoms with Gasteiger partial charge in [-0.25, -0.2) is 0 Å². The predicted octanol–water partition coefficient (Wildman–Crippen LogP) is 3.14. The Morgan fingerprint density at radius 2 is 2.00 bits per heavy atom. The van der Waals surface area contributed by atoms with Crippen LogP contribution in [-0.2, 0) is 16.1 Å². The molecule has 1 aliphatic carbocycles. The summed E-state index contributed by atoms with van der Waals surface area (Å²) in [5, 5.41) is 12.4. The molecule has 4 heteroatoms. The number of amides is 1. The first kappa shape index (κ1) is 16.5. The average Bonchev–Trinajstić information content (AvgIpc) is 2.68. The average molecular weight is 303 g/mol. The maximum absolute atomic E-state index is 12.7. The van der Waals surface area contributed by atoms with Crippen molar-refractivity contribution >= 4 is 11.9 Å². The van der Waals surface area contributed by atoms with E-state index in [0.29, 0.717) is 19.4 Å². The molecule has 1 aromatic carbocycles. The molecular weight excluding hydrogens is 278 g/mol. The zero-order chi connectivity index (χ0) is 16.5. The molecule has 1 fully saturated rings. The third-order valence-electron chi connectivity index (χ3n) is 5.56. The SMILES string of the molecule is Cc1cccc(CNC(=O)[C@]2(C)CC[C@H](C(=O)O)C2(C)C)c1. The predicted molar refractivity (Wildman–Crippen MR) is 85.3 cm³/mol. The van der Waals surface area contributed by atoms with Crippen LogP contribution in [-0.4, -0.2) is 17.0 Å². The zero-order valence-electron chi connectivity index (χ0n) is 13.8. The molecule has 0 radical (unpaired) electrons. The Kier molecular flexibility index (Phi) is 4.32. The van der Waals surface area contributed by atoms with Gasteiger partial charge in [0.05, 0.1) is 11.3 Å². The van der Waals surface area contributed by atoms with Crippen molar-refractivity contribution in [3.05, 3.63) is 35.4 Å². The van der Waals surface area contributed by atoms with Crippen LogP contribution in [0.5, 0.6) is 0 Å². The monoisotopic (exact) mass is 303 g/mol. The Hall–Kier alpha value is -1.84. The minimum Gasteiger partial charge on any atom is -0.481 e. The van der Waals surface area contributed by atoms with Crippen LogP contribution in [0.2, 0.25) is 0 Å². The van der Waals surface area contributed by atoms with Gasteiger partial charge in [-0.15, -0.1) is 0 Å². The normalized spacial score (nSPS) is 26.6. The standard InChI is InChI=1S/C18H25NO3/c1-12-6-5-7-13(10-12)11-19-16(22)18(4)9-8-14(15(20)21)17(18,2)3/h5-7,10,14H,8-9,11H2,1-4H3,(H,19,22)(H,20,21)/t14-,18+/m1/s1. The van der Waals surface area contributed by atoms with Crippen molar-refractivity contribution in [2.45, 2.75) is 47.1 Å². The molecule has 0 aromatic heterocycles. The van der Waals surface area contributed by atoms with Gasteiger partial charge in [0.1, 0.15) is 0 Å². The van der Waals surface area contributed by atoms with E-state index in [-0.39, 0.29) is 5.91 Å². The number of carbonyl (C=O) groups excluding carboxylic acids is 1. The Morgan fingerprint density at radius 3 is 2.55 bits per heavy atom. The summed E-state index contributed by atoms with van der Waals surface area (Å²) in [6, 6.07) is 8.01. The molecule has 22 heavy (non-hydrogen) atoms. The first-order chi connectivity index (χ1) is 10.2. The first-order valence-electron chi connectivity index (χ1n) is 7.75. The summed E-state index contributed by atoms with van der Waals surface area (Å²) in [5.74, 6) is -1.33. The van der Waals surface area contributed by atoms with Crippen molar-refractivity contribution < 1.29 is 14.7 Å². The van der Waals surface area contributed by atoms with Crippen LogP contribution in [0.15, 0.2) is 24.3 Å². The van der Waals surface area contributed by atoms with Crippen molar-refractivity contribution in [1.82, 2.24) is 5.32 Å². The fourth-order valence-electron chi connectivity index (χ4n) is 3.54. The third kappa shape index (κ3) is 2.74. The number of carbonyl (C=O) groups is 2. The highest BCUT2D eigenvalue weighted by Crippen LogP contribution is 2.56. The topological polar surface area (TPSA) is 66.4 Å². The molecule has 0 aliphatic heterocycles. The van der Waals surface area contributed by atoms with E-state index < -0.39 is 22.7 Å². The van der Waals surface area contributed by atoms with Gasteiger partial charge in [-0.05, 0) is 30.7 Å². The highest BCUT2D eigenvalue weighted by molar-refractivity contribution is 5.85. The second-order valence-corrected chi connectivity index (χ2v) is 7.16. The van der Waals surface area contributed by atoms with Gasteiger partial charge in [0.2, 0.25) is 5.91 Å². The van der Waals surface area contributed by atoms with Crippen LogP contribution in [0.3, 0.4) is 0 Å². The summed E-state index contributed by atoms with van der Waals surface area (Å²) >= 11 is 0. The molecule has 0 spiro atoms. The maximum atomic E-state index is 12.7. The van der Waals surface area contributed by atoms with Crippen molar-refractivity contribution in [1.29, 1.82) is 0 Å². The molecule has 1 saturated carbocycles. The Morgan fingerprint density at radius 1 is 1.32 bits per heavy atom. The number of carboxylic acid groups (broad SMARTS) is 1. The summed E-state index contributed by atoms with van der Waals surface area (Å²) < 4.78 is 0. The van der Waals surface area contributed by atoms with E-state index in [1.807, 2.05) is 52.0 Å². The number of benzene rings is 1. The molecule has 0 saturated heterocycles. The molecule has 0 bridgehead atoms. The lowest BCUT2D eigenvalue weighted by molar-refractivity contribution is -0.148. The van der Waals surface area contributed by atoms with Gasteiger partial charge in [0, 0.05) is 6.54 Å². The molecule has 0 unspecified atom stereocenters. The van der Waals surface area contributed by atoms with Crippen LogP contribution in [0.4, 0.5) is 0 Å². The van der Waals surface area contributed by atoms with Crippen molar-refractivity contribution in [3.8, 4) is 0 Å². The minimum absolute atomic E-state index is 0.0530. The van der Waals surface area contributed by atoms with E-state index in [2.05, 4.69) is 5.32 Å². The number of rotatable bonds is 4. The number of aryl methyl sites for hydroxylation is 1. The lowest BCUT2D eigenvalue weighted by Gasteiger charge is -2.39. The highest BCUT2D eigenvalue weighted by atomic mass is 16.4. The molecule has 120 valence electrons. The van der Waals surface area contributed by atoms with Crippen LogP contribution in [0.25, 0.3) is 0 Å². The minimum atomic E-state index is -0.805. The van der Waals surface area contributed by atoms with Gasteiger partial charge in [-0.1, -0.05) is 50.6 Å². The largest absolute Gasteiger partial charge is 0.481 e. The van der Waals surface area contributed by atoms with E-state index >= 15 is 0 Å². The third-order valence-corrected chi connectivity index (χ3v) is 5.56. The Labute approximate surface area is 131 Å². The molecule has 1 aliphatic rings. The number of hydrogen-bond acceptors (Lipinski definition) is 2. The summed E-state index contributed by atoms with van der Waals surface area (Å²) in [6.07, 6.45) is 1.16. The van der Waals surface area contributed by atoms with Gasteiger partial charge in [-0.3, -0.25) is 9.59 Å². The van der Waals surface area contributed by atoms with Crippen LogP contribution in [0.1, 0.15) is 44.7 Å². The quantitative estimate of drug-likeness (QED) is 0.898. The maximum Gasteiger partial charge on any atom is 0.307 e. The molecular formula is C18H25NO3. The second-order valence-electron chi connectivity index (χ2n) is 7.16. The fourth-order valence-corrected chi connectivity index (χ4v) is 3.54. The van der Waals surface area contributed by atoms with E-state index in [1.165, 1.54) is 0 Å². The van der Waals surface area contributed by atoms with Gasteiger partial charge < -0.3 is 10.4 Å². The van der Waals surface area contributed by atoms with Crippen molar-refractivity contribution in [3.63, 3.8) is 0 Å². The van der Waals surface area contributed by atoms with Gasteiger partial charge in [0.25, 0.3) is 0 Å².